The molecule has 2 nitrogen and oxygen atoms in total. The highest BCUT2D eigenvalue weighted by Crippen LogP contribution is 2.42. The SMILES string of the molecule is C1=Cc2c(c3c(c4ccccc24)C=C(C2=CC=C(/C=N/C(=C\Cc4cccc(-c5cc6ccccc6c6ccccc56)c4)c4ccc(C5C=NC=CC5)cc4)CC2)CC3)CC1. The Bertz CT molecular complexity index is 3120. The minimum absolute atomic E-state index is 0.311. The second kappa shape index (κ2) is 16.3. The lowest BCUT2D eigenvalue weighted by atomic mass is 9.78. The Balaban J connectivity index is 0.898. The fraction of sp³-hybridized carbons (Fsp3) is 0.153. The summed E-state index contributed by atoms with van der Waals surface area (Å²) in [4.78, 5) is 9.67. The van der Waals surface area contributed by atoms with Gasteiger partial charge in [0.2, 0.25) is 0 Å². The normalized spacial score (nSPS) is 17.4. The van der Waals surface area contributed by atoms with Crippen molar-refractivity contribution in [1.29, 1.82) is 0 Å². The van der Waals surface area contributed by atoms with Crippen LogP contribution in [0.15, 0.2) is 191 Å². The Morgan fingerprint density at radius 3 is 2.23 bits per heavy atom. The van der Waals surface area contributed by atoms with E-state index in [0.717, 1.165) is 62.6 Å². The molecule has 0 spiro atoms. The van der Waals surface area contributed by atoms with Gasteiger partial charge in [0.05, 0.1) is 5.70 Å². The molecular formula is C59H48N2. The first-order valence-electron chi connectivity index (χ1n) is 22.1. The van der Waals surface area contributed by atoms with E-state index in [-0.39, 0.29) is 0 Å². The molecule has 0 aromatic heterocycles. The molecule has 0 saturated carbocycles. The van der Waals surface area contributed by atoms with Gasteiger partial charge in [0.15, 0.2) is 0 Å². The summed E-state index contributed by atoms with van der Waals surface area (Å²) >= 11 is 0. The maximum atomic E-state index is 5.25. The lowest BCUT2D eigenvalue weighted by Crippen LogP contribution is -2.10. The molecule has 11 rings (SSSR count). The van der Waals surface area contributed by atoms with Crippen LogP contribution in [0.1, 0.15) is 77.0 Å². The molecule has 4 aliphatic rings. The van der Waals surface area contributed by atoms with Gasteiger partial charge in [-0.05, 0) is 157 Å². The highest BCUT2D eigenvalue weighted by atomic mass is 14.7. The lowest BCUT2D eigenvalue weighted by molar-refractivity contribution is 0.857. The van der Waals surface area contributed by atoms with Crippen molar-refractivity contribution in [2.75, 3.05) is 0 Å². The average molecular weight is 785 g/mol. The number of allylic oxidation sites excluding steroid dienone is 8. The van der Waals surface area contributed by atoms with E-state index >= 15 is 0 Å². The number of fused-ring (bicyclic) bond motifs is 9. The molecule has 1 heterocycles. The van der Waals surface area contributed by atoms with Crippen LogP contribution in [0.5, 0.6) is 0 Å². The van der Waals surface area contributed by atoms with Crippen LogP contribution < -0.4 is 0 Å². The van der Waals surface area contributed by atoms with E-state index in [1.54, 1.807) is 11.1 Å². The summed E-state index contributed by atoms with van der Waals surface area (Å²) in [5, 5.41) is 7.92. The Morgan fingerprint density at radius 1 is 0.639 bits per heavy atom. The van der Waals surface area contributed by atoms with Crippen LogP contribution in [-0.4, -0.2) is 12.4 Å². The predicted molar refractivity (Wildman–Crippen MR) is 261 cm³/mol. The zero-order chi connectivity index (χ0) is 40.5. The smallest absolute Gasteiger partial charge is 0.0665 e. The van der Waals surface area contributed by atoms with Crippen LogP contribution >= 0.6 is 0 Å². The molecule has 0 amide bonds. The molecule has 0 saturated heterocycles. The number of hydrogen-bond acceptors (Lipinski definition) is 2. The van der Waals surface area contributed by atoms with Gasteiger partial charge in [-0.1, -0.05) is 164 Å². The Kier molecular flexibility index (Phi) is 9.91. The summed E-state index contributed by atoms with van der Waals surface area (Å²) in [7, 11) is 0. The summed E-state index contributed by atoms with van der Waals surface area (Å²) in [6.45, 7) is 0. The third-order valence-corrected chi connectivity index (χ3v) is 13.3. The van der Waals surface area contributed by atoms with Gasteiger partial charge < -0.3 is 0 Å². The largest absolute Gasteiger partial charge is 0.269 e. The topological polar surface area (TPSA) is 24.7 Å². The third-order valence-electron chi connectivity index (χ3n) is 13.3. The highest BCUT2D eigenvalue weighted by molar-refractivity contribution is 6.13. The minimum atomic E-state index is 0.311. The van der Waals surface area contributed by atoms with Crippen molar-refractivity contribution in [2.45, 2.75) is 57.3 Å². The fourth-order valence-corrected chi connectivity index (χ4v) is 10.1. The van der Waals surface area contributed by atoms with Gasteiger partial charge in [-0.2, -0.15) is 0 Å². The van der Waals surface area contributed by atoms with E-state index < -0.39 is 0 Å². The molecule has 0 N–H and O–H groups in total. The van der Waals surface area contributed by atoms with Crippen molar-refractivity contribution in [2.24, 2.45) is 9.98 Å². The summed E-state index contributed by atoms with van der Waals surface area (Å²) < 4.78 is 0. The van der Waals surface area contributed by atoms with Gasteiger partial charge in [0.25, 0.3) is 0 Å². The number of aliphatic imine (C=N–C) groups is 2. The van der Waals surface area contributed by atoms with Crippen molar-refractivity contribution in [1.82, 2.24) is 0 Å². The van der Waals surface area contributed by atoms with Gasteiger partial charge in [-0.15, -0.1) is 0 Å². The molecule has 7 aromatic rings. The van der Waals surface area contributed by atoms with Crippen molar-refractivity contribution in [3.05, 3.63) is 220 Å². The van der Waals surface area contributed by atoms with Crippen LogP contribution in [0.4, 0.5) is 0 Å². The lowest BCUT2D eigenvalue weighted by Gasteiger charge is -2.27. The predicted octanol–water partition coefficient (Wildman–Crippen LogP) is 15.2. The number of benzene rings is 7. The molecule has 1 aliphatic heterocycles. The first-order valence-corrected chi connectivity index (χ1v) is 22.1. The zero-order valence-corrected chi connectivity index (χ0v) is 34.5. The molecule has 294 valence electrons. The number of nitrogens with zero attached hydrogens (tertiary/aromatic N) is 2. The maximum Gasteiger partial charge on any atom is 0.0665 e. The van der Waals surface area contributed by atoms with Crippen molar-refractivity contribution >= 4 is 62.6 Å². The summed E-state index contributed by atoms with van der Waals surface area (Å²) in [5.74, 6) is 0.311. The second-order valence-corrected chi connectivity index (χ2v) is 17.0. The van der Waals surface area contributed by atoms with E-state index in [9.17, 15) is 0 Å². The van der Waals surface area contributed by atoms with Crippen molar-refractivity contribution in [3.8, 4) is 11.1 Å². The van der Waals surface area contributed by atoms with Crippen LogP contribution in [0.2, 0.25) is 0 Å². The highest BCUT2D eigenvalue weighted by Gasteiger charge is 2.23. The molecule has 1 unspecified atom stereocenters. The minimum Gasteiger partial charge on any atom is -0.269 e. The van der Waals surface area contributed by atoms with Gasteiger partial charge in [-0.25, -0.2) is 0 Å². The molecular weight excluding hydrogens is 737 g/mol. The fourth-order valence-electron chi connectivity index (χ4n) is 10.1. The van der Waals surface area contributed by atoms with E-state index in [4.69, 9.17) is 4.99 Å². The molecule has 61 heavy (non-hydrogen) atoms. The molecule has 3 aliphatic carbocycles. The van der Waals surface area contributed by atoms with Crippen LogP contribution in [-0.2, 0) is 19.3 Å². The van der Waals surface area contributed by atoms with Gasteiger partial charge in [-0.3, -0.25) is 9.98 Å². The Morgan fingerprint density at radius 2 is 1.41 bits per heavy atom. The average Bonchev–Trinajstić information content (AvgIpc) is 3.34. The number of rotatable bonds is 8. The van der Waals surface area contributed by atoms with E-state index in [2.05, 4.69) is 187 Å². The maximum absolute atomic E-state index is 5.25. The van der Waals surface area contributed by atoms with Gasteiger partial charge >= 0.3 is 0 Å². The second-order valence-electron chi connectivity index (χ2n) is 17.0. The van der Waals surface area contributed by atoms with Crippen LogP contribution in [0.3, 0.4) is 0 Å². The Hall–Kier alpha value is -6.90. The molecule has 0 fully saturated rings. The van der Waals surface area contributed by atoms with E-state index in [1.165, 1.54) is 82.4 Å². The summed E-state index contributed by atoms with van der Waals surface area (Å²) in [6.07, 6.45) is 30.7. The van der Waals surface area contributed by atoms with Crippen LogP contribution in [0.25, 0.3) is 61.3 Å². The molecule has 0 radical (unpaired) electrons. The van der Waals surface area contributed by atoms with Gasteiger partial charge in [0.1, 0.15) is 0 Å². The standard InChI is InChI=1S/C59H48N2/c1-2-15-49-47(12-1)37-57(54-20-7-3-16-50(49)54)46-13-9-11-40(35-46)24-33-59(44-29-27-43(28-30-44)48-14-10-34-60-39-48)61-38-41-22-25-42(26-23-41)45-31-32-56-53-19-5-4-17-51(53)52-18-6-8-21-55(52)58(56)36-45/h1-4,6-13,15-18,20-22,25,27-30,33-39,48H,5,14,19,23-24,26,31-32H2/b59-33-,61-38+. The summed E-state index contributed by atoms with van der Waals surface area (Å²) in [6, 6.07) is 46.9. The Labute approximate surface area is 359 Å². The first kappa shape index (κ1) is 37.1. The molecule has 7 aromatic carbocycles. The van der Waals surface area contributed by atoms with Crippen molar-refractivity contribution in [3.63, 3.8) is 0 Å². The first-order chi connectivity index (χ1) is 30.2. The molecule has 0 bridgehead atoms. The monoisotopic (exact) mass is 784 g/mol. The van der Waals surface area contributed by atoms with Gasteiger partial charge in [0, 0.05) is 24.5 Å². The quantitative estimate of drug-likeness (QED) is 0.108. The van der Waals surface area contributed by atoms with E-state index in [1.807, 2.05) is 6.20 Å². The summed E-state index contributed by atoms with van der Waals surface area (Å²) in [5.41, 5.74) is 17.5. The third kappa shape index (κ3) is 7.27. The van der Waals surface area contributed by atoms with E-state index in [0.29, 0.717) is 5.92 Å². The number of hydrogen-bond donors (Lipinski definition) is 0. The van der Waals surface area contributed by atoms with Crippen molar-refractivity contribution < 1.29 is 0 Å². The molecule has 2 heteroatoms. The van der Waals surface area contributed by atoms with Crippen LogP contribution in [0, 0.1) is 0 Å². The zero-order valence-electron chi connectivity index (χ0n) is 34.5. The molecule has 1 atom stereocenters.